The Morgan fingerprint density at radius 2 is 2.31 bits per heavy atom. The molecule has 16 heavy (non-hydrogen) atoms. The van der Waals surface area contributed by atoms with Crippen molar-refractivity contribution in [3.8, 4) is 0 Å². The van der Waals surface area contributed by atoms with Crippen LogP contribution in [-0.2, 0) is 6.42 Å². The third kappa shape index (κ3) is 2.73. The molecular formula is C13H19FN2. The van der Waals surface area contributed by atoms with Gasteiger partial charge in [-0.1, -0.05) is 17.7 Å². The molecule has 1 heterocycles. The number of anilines is 1. The van der Waals surface area contributed by atoms with Gasteiger partial charge in [0.25, 0.3) is 0 Å². The number of hydrogen-bond donors (Lipinski definition) is 1. The number of likely N-dealkylation sites (tertiary alicyclic amines) is 1. The van der Waals surface area contributed by atoms with Crippen molar-refractivity contribution >= 4 is 5.69 Å². The smallest absolute Gasteiger partial charge is 0.114 e. The van der Waals surface area contributed by atoms with Gasteiger partial charge in [-0.25, -0.2) is 4.39 Å². The van der Waals surface area contributed by atoms with Crippen LogP contribution in [0.1, 0.15) is 17.5 Å². The Morgan fingerprint density at radius 3 is 3.00 bits per heavy atom. The average molecular weight is 222 g/mol. The van der Waals surface area contributed by atoms with Crippen molar-refractivity contribution in [3.63, 3.8) is 0 Å². The minimum Gasteiger partial charge on any atom is -0.399 e. The van der Waals surface area contributed by atoms with Gasteiger partial charge in [0.05, 0.1) is 0 Å². The normalized spacial score (nSPS) is 21.5. The maximum absolute atomic E-state index is 13.0. The fraction of sp³-hybridized carbons (Fsp3) is 0.538. The Bertz CT molecular complexity index is 365. The lowest BCUT2D eigenvalue weighted by Gasteiger charge is -2.15. The molecule has 0 saturated carbocycles. The predicted molar refractivity (Wildman–Crippen MR) is 65.2 cm³/mol. The van der Waals surface area contributed by atoms with Gasteiger partial charge in [-0.2, -0.15) is 0 Å². The summed E-state index contributed by atoms with van der Waals surface area (Å²) in [4.78, 5) is 2.17. The van der Waals surface area contributed by atoms with Gasteiger partial charge in [-0.05, 0) is 31.4 Å². The van der Waals surface area contributed by atoms with Crippen LogP contribution >= 0.6 is 0 Å². The van der Waals surface area contributed by atoms with Gasteiger partial charge in [-0.3, -0.25) is 0 Å². The molecule has 1 aromatic carbocycles. The number of hydrogen-bond acceptors (Lipinski definition) is 2. The van der Waals surface area contributed by atoms with Crippen LogP contribution in [0.5, 0.6) is 0 Å². The van der Waals surface area contributed by atoms with Gasteiger partial charge in [0.2, 0.25) is 0 Å². The van der Waals surface area contributed by atoms with Crippen LogP contribution < -0.4 is 5.73 Å². The van der Waals surface area contributed by atoms with Gasteiger partial charge >= 0.3 is 0 Å². The highest BCUT2D eigenvalue weighted by atomic mass is 19.1. The maximum Gasteiger partial charge on any atom is 0.114 e. The Labute approximate surface area is 96.2 Å². The summed E-state index contributed by atoms with van der Waals surface area (Å²) in [5.74, 6) is 0. The van der Waals surface area contributed by atoms with Crippen molar-refractivity contribution in [2.75, 3.05) is 25.4 Å². The van der Waals surface area contributed by atoms with Crippen molar-refractivity contribution in [1.82, 2.24) is 4.90 Å². The Kier molecular flexibility index (Phi) is 3.44. The van der Waals surface area contributed by atoms with Crippen LogP contribution in [0.15, 0.2) is 18.2 Å². The second-order valence-electron chi connectivity index (χ2n) is 4.64. The van der Waals surface area contributed by atoms with Gasteiger partial charge in [-0.15, -0.1) is 0 Å². The number of rotatable bonds is 3. The van der Waals surface area contributed by atoms with E-state index in [0.717, 1.165) is 25.2 Å². The van der Waals surface area contributed by atoms with E-state index in [1.807, 2.05) is 12.1 Å². The molecule has 2 nitrogen and oxygen atoms in total. The minimum absolute atomic E-state index is 0.589. The summed E-state index contributed by atoms with van der Waals surface area (Å²) in [6.45, 7) is 4.45. The molecular weight excluding hydrogens is 203 g/mol. The van der Waals surface area contributed by atoms with Crippen LogP contribution in [0.3, 0.4) is 0 Å². The number of alkyl halides is 1. The van der Waals surface area contributed by atoms with Crippen molar-refractivity contribution in [2.24, 2.45) is 0 Å². The molecule has 2 rings (SSSR count). The Hall–Kier alpha value is -1.09. The van der Waals surface area contributed by atoms with Gasteiger partial charge < -0.3 is 10.6 Å². The van der Waals surface area contributed by atoms with Crippen molar-refractivity contribution in [2.45, 2.75) is 25.9 Å². The molecule has 0 bridgehead atoms. The molecule has 1 saturated heterocycles. The van der Waals surface area contributed by atoms with E-state index in [4.69, 9.17) is 5.73 Å². The van der Waals surface area contributed by atoms with E-state index in [2.05, 4.69) is 17.9 Å². The standard InChI is InChI=1S/C13H19FN2/c1-10-2-3-13(15)11(8-10)4-6-16-7-5-12(14)9-16/h2-3,8,12H,4-7,9,15H2,1H3. The van der Waals surface area contributed by atoms with Crippen molar-refractivity contribution in [1.29, 1.82) is 0 Å². The van der Waals surface area contributed by atoms with E-state index in [0.29, 0.717) is 13.0 Å². The summed E-state index contributed by atoms with van der Waals surface area (Å²) < 4.78 is 13.0. The van der Waals surface area contributed by atoms with E-state index in [1.165, 1.54) is 11.1 Å². The fourth-order valence-electron chi connectivity index (χ4n) is 2.22. The van der Waals surface area contributed by atoms with Crippen LogP contribution in [0, 0.1) is 6.92 Å². The first-order valence-electron chi connectivity index (χ1n) is 5.86. The number of benzene rings is 1. The molecule has 0 amide bonds. The summed E-state index contributed by atoms with van der Waals surface area (Å²) in [7, 11) is 0. The summed E-state index contributed by atoms with van der Waals surface area (Å²) in [5.41, 5.74) is 9.17. The zero-order valence-electron chi connectivity index (χ0n) is 9.75. The second kappa shape index (κ2) is 4.83. The van der Waals surface area contributed by atoms with Crippen molar-refractivity contribution in [3.05, 3.63) is 29.3 Å². The number of nitrogen functional groups attached to an aromatic ring is 1. The molecule has 2 N–H and O–H groups in total. The van der Waals surface area contributed by atoms with Crippen molar-refractivity contribution < 1.29 is 4.39 Å². The molecule has 0 aromatic heterocycles. The highest BCUT2D eigenvalue weighted by molar-refractivity contribution is 5.48. The molecule has 1 unspecified atom stereocenters. The lowest BCUT2D eigenvalue weighted by Crippen LogP contribution is -2.23. The molecule has 1 aliphatic heterocycles. The molecule has 1 atom stereocenters. The zero-order chi connectivity index (χ0) is 11.5. The summed E-state index contributed by atoms with van der Waals surface area (Å²) >= 11 is 0. The second-order valence-corrected chi connectivity index (χ2v) is 4.64. The third-order valence-corrected chi connectivity index (χ3v) is 3.21. The van der Waals surface area contributed by atoms with E-state index in [9.17, 15) is 4.39 Å². The van der Waals surface area contributed by atoms with Crippen LogP contribution in [-0.4, -0.2) is 30.7 Å². The lowest BCUT2D eigenvalue weighted by atomic mass is 10.1. The molecule has 3 heteroatoms. The number of nitrogens with zero attached hydrogens (tertiary/aromatic N) is 1. The van der Waals surface area contributed by atoms with Gasteiger partial charge in [0.1, 0.15) is 6.17 Å². The SMILES string of the molecule is Cc1ccc(N)c(CCN2CCC(F)C2)c1. The molecule has 1 aromatic rings. The van der Waals surface area contributed by atoms with E-state index < -0.39 is 6.17 Å². The number of nitrogens with two attached hydrogens (primary N) is 1. The van der Waals surface area contributed by atoms with Crippen LogP contribution in [0.25, 0.3) is 0 Å². The molecule has 0 aliphatic carbocycles. The minimum atomic E-state index is -0.630. The van der Waals surface area contributed by atoms with E-state index >= 15 is 0 Å². The van der Waals surface area contributed by atoms with E-state index in [1.54, 1.807) is 0 Å². The highest BCUT2D eigenvalue weighted by Gasteiger charge is 2.21. The quantitative estimate of drug-likeness (QED) is 0.794. The number of aryl methyl sites for hydroxylation is 1. The van der Waals surface area contributed by atoms with Crippen LogP contribution in [0.2, 0.25) is 0 Å². The number of halogens is 1. The molecule has 1 fully saturated rings. The summed E-state index contributed by atoms with van der Waals surface area (Å²) in [5, 5.41) is 0. The third-order valence-electron chi connectivity index (χ3n) is 3.21. The molecule has 1 aliphatic rings. The van der Waals surface area contributed by atoms with E-state index in [-0.39, 0.29) is 0 Å². The lowest BCUT2D eigenvalue weighted by molar-refractivity contribution is 0.290. The fourth-order valence-corrected chi connectivity index (χ4v) is 2.22. The highest BCUT2D eigenvalue weighted by Crippen LogP contribution is 2.17. The first kappa shape index (κ1) is 11.4. The van der Waals surface area contributed by atoms with Crippen LogP contribution in [0.4, 0.5) is 10.1 Å². The molecule has 88 valence electrons. The van der Waals surface area contributed by atoms with Gasteiger partial charge in [0, 0.05) is 25.3 Å². The summed E-state index contributed by atoms with van der Waals surface area (Å²) in [6.07, 6.45) is 0.971. The largest absolute Gasteiger partial charge is 0.399 e. The monoisotopic (exact) mass is 222 g/mol. The summed E-state index contributed by atoms with van der Waals surface area (Å²) in [6, 6.07) is 6.09. The topological polar surface area (TPSA) is 29.3 Å². The molecule has 0 spiro atoms. The predicted octanol–water partition coefficient (Wildman–Crippen LogP) is 2.16. The first-order chi connectivity index (χ1) is 7.65. The first-order valence-corrected chi connectivity index (χ1v) is 5.86. The Morgan fingerprint density at radius 1 is 1.50 bits per heavy atom. The van der Waals surface area contributed by atoms with Gasteiger partial charge in [0.15, 0.2) is 0 Å². The molecule has 0 radical (unpaired) electrons. The average Bonchev–Trinajstić information content (AvgIpc) is 2.66. The Balaban J connectivity index is 1.91. The maximum atomic E-state index is 13.0. The zero-order valence-corrected chi connectivity index (χ0v) is 9.75.